The molecule has 0 radical (unpaired) electrons. The molecule has 4 fully saturated rings. The molecule has 5 aliphatic rings. The maximum absolute atomic E-state index is 13.7. The van der Waals surface area contributed by atoms with Gasteiger partial charge in [-0.05, 0) is 106 Å². The lowest BCUT2D eigenvalue weighted by Crippen LogP contribution is -2.54. The van der Waals surface area contributed by atoms with Crippen LogP contribution in [0, 0.1) is 5.92 Å². The quantitative estimate of drug-likeness (QED) is 0.0663. The van der Waals surface area contributed by atoms with Gasteiger partial charge in [-0.1, -0.05) is 48.0 Å². The largest absolute Gasteiger partial charge is 0.495 e. The lowest BCUT2D eigenvalue weighted by atomic mass is 9.93. The van der Waals surface area contributed by atoms with E-state index in [0.717, 1.165) is 123 Å². The summed E-state index contributed by atoms with van der Waals surface area (Å²) < 4.78 is 27.3. The maximum atomic E-state index is 13.7. The summed E-state index contributed by atoms with van der Waals surface area (Å²) in [5.41, 5.74) is 7.58. The summed E-state index contributed by atoms with van der Waals surface area (Å²) in [5, 5.41) is 14.6. The van der Waals surface area contributed by atoms with Crippen LogP contribution in [0.15, 0.2) is 91.4 Å². The second-order valence-electron chi connectivity index (χ2n) is 21.6. The van der Waals surface area contributed by atoms with Gasteiger partial charge in [0.25, 0.3) is 11.8 Å². The van der Waals surface area contributed by atoms with Crippen LogP contribution in [0.5, 0.6) is 11.5 Å². The van der Waals surface area contributed by atoms with Gasteiger partial charge in [-0.15, -0.1) is 0 Å². The number of hydrogen-bond donors (Lipinski definition) is 3. The summed E-state index contributed by atoms with van der Waals surface area (Å²) in [6.07, 6.45) is 9.83. The van der Waals surface area contributed by atoms with Crippen LogP contribution in [0.3, 0.4) is 0 Å². The van der Waals surface area contributed by atoms with Gasteiger partial charge in [-0.3, -0.25) is 39.0 Å². The number of amides is 4. The molecule has 4 amide bonds. The number of aryl methyl sites for hydroxylation is 1. The van der Waals surface area contributed by atoms with E-state index < -0.39 is 36.8 Å². The van der Waals surface area contributed by atoms with Gasteiger partial charge >= 0.3 is 0 Å². The third-order valence-electron chi connectivity index (χ3n) is 16.2. The SMILES string of the molecule is COc1cc(N2CCN(C3CCN(CC4CCN(c5cc6c(cc5OC)C(=O)N(C5CCC(=O)NC5=O)C6=O)CC4)CC3)CC2)c(-c2cnn(C)c2)cc1Nc1ncc(Cl)c(Nc2ccc(-c3ccccc3)cc2P(C)(C)=O)n1. The summed E-state index contributed by atoms with van der Waals surface area (Å²) >= 11 is 6.73. The van der Waals surface area contributed by atoms with Crippen molar-refractivity contribution in [2.45, 2.75) is 50.6 Å². The molecule has 6 aromatic rings. The Morgan fingerprint density at radius 3 is 2.09 bits per heavy atom. The molecule has 1 unspecified atom stereocenters. The first kappa shape index (κ1) is 53.7. The van der Waals surface area contributed by atoms with E-state index in [9.17, 15) is 23.7 Å². The summed E-state index contributed by atoms with van der Waals surface area (Å²) in [6, 6.07) is 22.9. The van der Waals surface area contributed by atoms with E-state index in [2.05, 4.69) is 57.8 Å². The predicted octanol–water partition coefficient (Wildman–Crippen LogP) is 7.85. The number of likely N-dealkylation sites (tertiary alicyclic amines) is 1. The van der Waals surface area contributed by atoms with Crippen molar-refractivity contribution < 1.29 is 33.2 Å². The maximum Gasteiger partial charge on any atom is 0.262 e. The van der Waals surface area contributed by atoms with Gasteiger partial charge < -0.3 is 39.4 Å². The molecule has 21 heteroatoms. The minimum Gasteiger partial charge on any atom is -0.495 e. The lowest BCUT2D eigenvalue weighted by Gasteiger charge is -2.44. The average Bonchev–Trinajstić information content (AvgIpc) is 4.15. The Labute approximate surface area is 465 Å². The Morgan fingerprint density at radius 2 is 1.42 bits per heavy atom. The van der Waals surface area contributed by atoms with E-state index in [0.29, 0.717) is 56.9 Å². The second kappa shape index (κ2) is 22.4. The molecule has 2 aromatic heterocycles. The van der Waals surface area contributed by atoms with E-state index in [4.69, 9.17) is 26.1 Å². The summed E-state index contributed by atoms with van der Waals surface area (Å²) in [7, 11) is 2.40. The fourth-order valence-electron chi connectivity index (χ4n) is 12.0. The first-order valence-corrected chi connectivity index (χ1v) is 30.0. The fourth-order valence-corrected chi connectivity index (χ4v) is 13.3. The van der Waals surface area contributed by atoms with Crippen LogP contribution < -0.4 is 40.5 Å². The Bertz CT molecular complexity index is 3370. The first-order chi connectivity index (χ1) is 38.1. The summed E-state index contributed by atoms with van der Waals surface area (Å²) in [5.74, 6) is 0.253. The number of carbonyl (C=O) groups excluding carboxylic acids is 4. The molecule has 0 saturated carbocycles. The Hall–Kier alpha value is -7.31. The number of piperazine rings is 1. The molecule has 11 rings (SSSR count). The number of imide groups is 2. The number of hydrogen-bond acceptors (Lipinski definition) is 16. The zero-order valence-electron chi connectivity index (χ0n) is 45.2. The number of ether oxygens (including phenoxy) is 2. The molecule has 4 aromatic carbocycles. The van der Waals surface area contributed by atoms with Crippen LogP contribution in [0.1, 0.15) is 59.2 Å². The van der Waals surface area contributed by atoms with E-state index in [1.165, 1.54) is 0 Å². The van der Waals surface area contributed by atoms with Gasteiger partial charge in [0.1, 0.15) is 29.7 Å². The minimum atomic E-state index is -2.74. The molecule has 5 aliphatic heterocycles. The minimum absolute atomic E-state index is 0.0681. The molecule has 1 atom stereocenters. The van der Waals surface area contributed by atoms with Gasteiger partial charge in [0.05, 0.1) is 54.8 Å². The molecular formula is C58H66ClN12O7P. The number of aromatic nitrogens is 4. The highest BCUT2D eigenvalue weighted by Gasteiger charge is 2.45. The van der Waals surface area contributed by atoms with Crippen molar-refractivity contribution in [1.29, 1.82) is 0 Å². The van der Waals surface area contributed by atoms with Crippen LogP contribution in [0.4, 0.5) is 34.5 Å². The lowest BCUT2D eigenvalue weighted by molar-refractivity contribution is -0.136. The van der Waals surface area contributed by atoms with Crippen LogP contribution in [0.25, 0.3) is 22.3 Å². The summed E-state index contributed by atoms with van der Waals surface area (Å²) in [6.45, 7) is 11.8. The van der Waals surface area contributed by atoms with Crippen molar-refractivity contribution in [3.63, 3.8) is 0 Å². The number of carbonyl (C=O) groups is 4. The van der Waals surface area contributed by atoms with Crippen molar-refractivity contribution in [3.05, 3.63) is 108 Å². The molecule has 0 spiro atoms. The van der Waals surface area contributed by atoms with Crippen LogP contribution in [-0.2, 0) is 21.2 Å². The third-order valence-corrected chi connectivity index (χ3v) is 18.0. The average molecular weight is 1110 g/mol. The van der Waals surface area contributed by atoms with E-state index >= 15 is 0 Å². The number of methoxy groups -OCH3 is 2. The van der Waals surface area contributed by atoms with Gasteiger partial charge in [-0.2, -0.15) is 10.1 Å². The molecule has 412 valence electrons. The zero-order chi connectivity index (χ0) is 55.1. The fraction of sp³-hybridized carbons (Fsp3) is 0.397. The third kappa shape index (κ3) is 11.2. The summed E-state index contributed by atoms with van der Waals surface area (Å²) in [4.78, 5) is 71.9. The van der Waals surface area contributed by atoms with Gasteiger partial charge in [0.15, 0.2) is 5.82 Å². The van der Waals surface area contributed by atoms with E-state index in [1.807, 2.05) is 68.0 Å². The number of nitrogens with one attached hydrogen (secondary N) is 3. The number of piperidine rings is 3. The standard InChI is InChI=1S/C58H66ClN12O7P/c1-66-35-39(32-61-66)41-28-46(63-58-60-33-44(59)54(65-58)62-45-12-11-38(27-52(45)79(4,5)76)37-9-7-6-8-10-37)50(77-2)31-48(41)70-25-23-68(24-26-70)40-17-19-67(20-18-40)34-36-15-21-69(22-16-36)49-29-42-43(30-51(49)78-3)57(75)71(56(42)74)47-13-14-53(72)64-55(47)73/h6-12,27-33,35-36,40,47H,13-26,34H2,1-5H3,(H,64,72,73)(H2,60,62,63,65). The highest BCUT2D eigenvalue weighted by atomic mass is 35.5. The van der Waals surface area contributed by atoms with Crippen molar-refractivity contribution in [1.82, 2.24) is 39.8 Å². The van der Waals surface area contributed by atoms with E-state index in [1.54, 1.807) is 50.6 Å². The molecule has 3 N–H and O–H groups in total. The Morgan fingerprint density at radius 1 is 0.709 bits per heavy atom. The Kier molecular flexibility index (Phi) is 15.2. The number of nitrogens with zero attached hydrogens (tertiary/aromatic N) is 9. The van der Waals surface area contributed by atoms with Crippen molar-refractivity contribution >= 4 is 82.2 Å². The van der Waals surface area contributed by atoms with Gasteiger partial charge in [-0.25, -0.2) is 4.98 Å². The highest BCUT2D eigenvalue weighted by molar-refractivity contribution is 7.70. The highest BCUT2D eigenvalue weighted by Crippen LogP contribution is 2.44. The molecular weight excluding hydrogens is 1040 g/mol. The van der Waals surface area contributed by atoms with Crippen LogP contribution >= 0.6 is 18.7 Å². The van der Waals surface area contributed by atoms with Crippen LogP contribution in [0.2, 0.25) is 5.02 Å². The van der Waals surface area contributed by atoms with E-state index in [-0.39, 0.29) is 24.0 Å². The van der Waals surface area contributed by atoms with Crippen molar-refractivity contribution in [3.8, 4) is 33.8 Å². The molecule has 0 bridgehead atoms. The Balaban J connectivity index is 0.705. The van der Waals surface area contributed by atoms with Gasteiger partial charge in [0.2, 0.25) is 17.8 Å². The number of fused-ring (bicyclic) bond motifs is 1. The molecule has 4 saturated heterocycles. The first-order valence-electron chi connectivity index (χ1n) is 27.0. The number of benzene rings is 4. The van der Waals surface area contributed by atoms with Crippen molar-refractivity contribution in [2.24, 2.45) is 13.0 Å². The normalized spacial score (nSPS) is 19.0. The topological polar surface area (TPSA) is 200 Å². The number of rotatable bonds is 15. The second-order valence-corrected chi connectivity index (χ2v) is 25.2. The predicted molar refractivity (Wildman–Crippen MR) is 308 cm³/mol. The van der Waals surface area contributed by atoms with Crippen LogP contribution in [-0.4, -0.2) is 157 Å². The smallest absolute Gasteiger partial charge is 0.262 e. The monoisotopic (exact) mass is 1110 g/mol. The molecule has 79 heavy (non-hydrogen) atoms. The zero-order valence-corrected chi connectivity index (χ0v) is 46.9. The van der Waals surface area contributed by atoms with Gasteiger partial charge in [0, 0.05) is 99.7 Å². The number of halogens is 1. The van der Waals surface area contributed by atoms with Crippen molar-refractivity contribution in [2.75, 3.05) is 107 Å². The molecule has 7 heterocycles. The molecule has 0 aliphatic carbocycles. The number of anilines is 6. The molecule has 19 nitrogen and oxygen atoms in total.